The van der Waals surface area contributed by atoms with Crippen LogP contribution in [0.25, 0.3) is 0 Å². The van der Waals surface area contributed by atoms with Gasteiger partial charge in [0.2, 0.25) is 0 Å². The molecule has 2 nitrogen and oxygen atoms in total. The Morgan fingerprint density at radius 1 is 1.24 bits per heavy atom. The number of alkyl halides is 3. The van der Waals surface area contributed by atoms with Crippen LogP contribution < -0.4 is 4.74 Å². The van der Waals surface area contributed by atoms with Gasteiger partial charge in [-0.2, -0.15) is 0 Å². The molecule has 1 aromatic rings. The zero-order valence-corrected chi connectivity index (χ0v) is 14.2. The molecule has 0 fully saturated rings. The fourth-order valence-electron chi connectivity index (χ4n) is 1.88. The number of rotatable bonds is 6. The van der Waals surface area contributed by atoms with Crippen LogP contribution in [0.3, 0.4) is 0 Å². The van der Waals surface area contributed by atoms with Crippen molar-refractivity contribution in [3.05, 3.63) is 28.2 Å². The first-order chi connectivity index (χ1) is 9.78. The fourth-order valence-corrected chi connectivity index (χ4v) is 2.65. The third-order valence-corrected chi connectivity index (χ3v) is 3.79. The summed E-state index contributed by atoms with van der Waals surface area (Å²) >= 11 is 8.52. The maximum Gasteiger partial charge on any atom is 0.573 e. The molecule has 0 spiro atoms. The number of hydrogen-bond acceptors (Lipinski definition) is 2. The zero-order valence-electron chi connectivity index (χ0n) is 11.8. The van der Waals surface area contributed by atoms with E-state index in [1.807, 2.05) is 0 Å². The van der Waals surface area contributed by atoms with Crippen LogP contribution in [0.5, 0.6) is 5.75 Å². The van der Waals surface area contributed by atoms with Gasteiger partial charge in [-0.15, -0.1) is 13.2 Å². The van der Waals surface area contributed by atoms with Gasteiger partial charge in [0.25, 0.3) is 0 Å². The van der Waals surface area contributed by atoms with Crippen molar-refractivity contribution in [1.82, 2.24) is 4.90 Å². The van der Waals surface area contributed by atoms with Crippen LogP contribution in [-0.2, 0) is 0 Å². The van der Waals surface area contributed by atoms with E-state index in [2.05, 4.69) is 39.4 Å². The molecule has 0 bridgehead atoms. The number of ether oxygens (including phenoxy) is 1. The van der Waals surface area contributed by atoms with Crippen molar-refractivity contribution in [3.63, 3.8) is 0 Å². The summed E-state index contributed by atoms with van der Waals surface area (Å²) in [5.41, 5.74) is 0.702. The molecular formula is C14H17BrF3NOS. The molecule has 0 aliphatic heterocycles. The van der Waals surface area contributed by atoms with Crippen LogP contribution in [0.1, 0.15) is 32.3 Å². The lowest BCUT2D eigenvalue weighted by Crippen LogP contribution is -2.31. The Morgan fingerprint density at radius 2 is 1.81 bits per heavy atom. The highest BCUT2D eigenvalue weighted by Crippen LogP contribution is 2.31. The first-order valence-electron chi connectivity index (χ1n) is 6.63. The quantitative estimate of drug-likeness (QED) is 0.630. The molecular weight excluding hydrogens is 367 g/mol. The predicted octanol–water partition coefficient (Wildman–Crippen LogP) is 5.15. The van der Waals surface area contributed by atoms with E-state index in [9.17, 15) is 13.2 Å². The topological polar surface area (TPSA) is 12.5 Å². The number of hydrogen-bond donors (Lipinski definition) is 0. The third-order valence-electron chi connectivity index (χ3n) is 2.68. The predicted molar refractivity (Wildman–Crippen MR) is 84.7 cm³/mol. The van der Waals surface area contributed by atoms with E-state index in [4.69, 9.17) is 12.2 Å². The molecule has 118 valence electrons. The van der Waals surface area contributed by atoms with Crippen LogP contribution in [-0.4, -0.2) is 29.3 Å². The number of thiocarbonyl (C=S) groups is 1. The van der Waals surface area contributed by atoms with Crippen molar-refractivity contribution in [2.45, 2.75) is 33.1 Å². The molecule has 0 aliphatic carbocycles. The van der Waals surface area contributed by atoms with Crippen molar-refractivity contribution < 1.29 is 17.9 Å². The molecule has 0 unspecified atom stereocenters. The lowest BCUT2D eigenvalue weighted by Gasteiger charge is -2.24. The Balaban J connectivity index is 2.93. The molecule has 1 rings (SSSR count). The van der Waals surface area contributed by atoms with E-state index in [0.717, 1.165) is 25.9 Å². The van der Waals surface area contributed by atoms with Gasteiger partial charge in [-0.1, -0.05) is 26.1 Å². The first kappa shape index (κ1) is 18.2. The van der Waals surface area contributed by atoms with Crippen molar-refractivity contribution in [1.29, 1.82) is 0 Å². The van der Waals surface area contributed by atoms with Crippen LogP contribution in [0.4, 0.5) is 13.2 Å². The minimum atomic E-state index is -4.71. The molecule has 1 aromatic carbocycles. The third kappa shape index (κ3) is 5.82. The standard InChI is InChI=1S/C14H17BrF3NOS/c1-3-7-19(8-4-2)13(21)10-5-6-12(11(15)9-10)20-14(16,17)18/h5-6,9H,3-4,7-8H2,1-2H3. The molecule has 0 aromatic heterocycles. The second-order valence-electron chi connectivity index (χ2n) is 4.49. The van der Waals surface area contributed by atoms with Crippen molar-refractivity contribution in [3.8, 4) is 5.75 Å². The molecule has 0 atom stereocenters. The lowest BCUT2D eigenvalue weighted by molar-refractivity contribution is -0.274. The summed E-state index contributed by atoms with van der Waals surface area (Å²) in [6.45, 7) is 5.76. The van der Waals surface area contributed by atoms with Crippen LogP contribution in [0.2, 0.25) is 0 Å². The average Bonchev–Trinajstić information content (AvgIpc) is 2.38. The van der Waals surface area contributed by atoms with Crippen LogP contribution in [0.15, 0.2) is 22.7 Å². The van der Waals surface area contributed by atoms with Crippen LogP contribution in [0, 0.1) is 0 Å². The second-order valence-corrected chi connectivity index (χ2v) is 5.73. The minimum absolute atomic E-state index is 0.229. The van der Waals surface area contributed by atoms with Gasteiger partial charge in [-0.3, -0.25) is 0 Å². The monoisotopic (exact) mass is 383 g/mol. The van der Waals surface area contributed by atoms with Crippen molar-refractivity contribution >= 4 is 33.1 Å². The van der Waals surface area contributed by atoms with Crippen molar-refractivity contribution in [2.75, 3.05) is 13.1 Å². The van der Waals surface area contributed by atoms with E-state index >= 15 is 0 Å². The number of halogens is 4. The first-order valence-corrected chi connectivity index (χ1v) is 7.83. The summed E-state index contributed by atoms with van der Waals surface area (Å²) in [7, 11) is 0. The molecule has 0 heterocycles. The smallest absolute Gasteiger partial charge is 0.405 e. The normalized spacial score (nSPS) is 11.3. The summed E-state index contributed by atoms with van der Waals surface area (Å²) in [5, 5.41) is 0. The lowest BCUT2D eigenvalue weighted by atomic mass is 10.2. The molecule has 7 heteroatoms. The van der Waals surface area contributed by atoms with Gasteiger partial charge < -0.3 is 9.64 Å². The summed E-state index contributed by atoms with van der Waals surface area (Å²) < 4.78 is 40.8. The van der Waals surface area contributed by atoms with E-state index in [1.165, 1.54) is 6.07 Å². The Kier molecular flexibility index (Phi) is 6.93. The summed E-state index contributed by atoms with van der Waals surface area (Å²) in [4.78, 5) is 2.69. The number of nitrogens with zero attached hydrogens (tertiary/aromatic N) is 1. The molecule has 0 saturated carbocycles. The van der Waals surface area contributed by atoms with E-state index < -0.39 is 6.36 Å². The average molecular weight is 384 g/mol. The van der Waals surface area contributed by atoms with E-state index in [0.29, 0.717) is 10.6 Å². The Morgan fingerprint density at radius 3 is 2.24 bits per heavy atom. The van der Waals surface area contributed by atoms with Gasteiger partial charge >= 0.3 is 6.36 Å². The Hall–Kier alpha value is -0.820. The molecule has 0 N–H and O–H groups in total. The molecule has 0 amide bonds. The summed E-state index contributed by atoms with van der Waals surface area (Å²) in [5.74, 6) is -0.272. The summed E-state index contributed by atoms with van der Waals surface area (Å²) in [6.07, 6.45) is -2.80. The van der Waals surface area contributed by atoms with Gasteiger partial charge in [-0.25, -0.2) is 0 Å². The molecule has 0 aliphatic rings. The maximum absolute atomic E-state index is 12.2. The van der Waals surface area contributed by atoms with Gasteiger partial charge in [0, 0.05) is 18.7 Å². The fraction of sp³-hybridized carbons (Fsp3) is 0.500. The SMILES string of the molecule is CCCN(CCC)C(=S)c1ccc(OC(F)(F)F)c(Br)c1. The zero-order chi connectivity index (χ0) is 16.0. The highest BCUT2D eigenvalue weighted by molar-refractivity contribution is 9.10. The van der Waals surface area contributed by atoms with Gasteiger partial charge in [0.15, 0.2) is 0 Å². The number of benzene rings is 1. The van der Waals surface area contributed by atoms with Crippen LogP contribution >= 0.6 is 28.1 Å². The molecule has 0 radical (unpaired) electrons. The largest absolute Gasteiger partial charge is 0.573 e. The van der Waals surface area contributed by atoms with Crippen molar-refractivity contribution in [2.24, 2.45) is 0 Å². The minimum Gasteiger partial charge on any atom is -0.405 e. The molecule has 0 saturated heterocycles. The second kappa shape index (κ2) is 7.98. The highest BCUT2D eigenvalue weighted by atomic mass is 79.9. The Labute approximate surface area is 136 Å². The van der Waals surface area contributed by atoms with E-state index in [1.54, 1.807) is 12.1 Å². The highest BCUT2D eigenvalue weighted by Gasteiger charge is 2.32. The van der Waals surface area contributed by atoms with Gasteiger partial charge in [0.05, 0.1) is 4.47 Å². The van der Waals surface area contributed by atoms with Gasteiger partial charge in [-0.05, 0) is 47.0 Å². The molecule has 21 heavy (non-hydrogen) atoms. The van der Waals surface area contributed by atoms with Gasteiger partial charge in [0.1, 0.15) is 10.7 Å². The summed E-state index contributed by atoms with van der Waals surface area (Å²) in [6, 6.07) is 4.38. The maximum atomic E-state index is 12.2. The van der Waals surface area contributed by atoms with E-state index in [-0.39, 0.29) is 10.2 Å². The Bertz CT molecular complexity index is 488.